The first kappa shape index (κ1) is 23.0. The second kappa shape index (κ2) is 12.3. The van der Waals surface area contributed by atoms with Crippen LogP contribution in [-0.4, -0.2) is 41.6 Å². The van der Waals surface area contributed by atoms with E-state index < -0.39 is 0 Å². The van der Waals surface area contributed by atoms with Gasteiger partial charge >= 0.3 is 5.97 Å². The first-order chi connectivity index (χ1) is 14.1. The molecule has 1 heterocycles. The molecule has 1 amide bonds. The highest BCUT2D eigenvalue weighted by atomic mass is 16.5. The number of methoxy groups -OCH3 is 1. The third-order valence-corrected chi connectivity index (χ3v) is 5.45. The van der Waals surface area contributed by atoms with Gasteiger partial charge in [-0.25, -0.2) is 0 Å². The first-order valence-corrected chi connectivity index (χ1v) is 10.7. The van der Waals surface area contributed by atoms with Gasteiger partial charge in [-0.1, -0.05) is 43.6 Å². The number of carbonyl (C=O) groups is 2. The number of carbonyl (C=O) groups excluding carboxylic acids is 2. The van der Waals surface area contributed by atoms with Gasteiger partial charge in [-0.05, 0) is 43.9 Å². The van der Waals surface area contributed by atoms with Crippen LogP contribution < -0.4 is 0 Å². The number of hydrogen-bond donors (Lipinski definition) is 1. The van der Waals surface area contributed by atoms with Crippen molar-refractivity contribution in [3.05, 3.63) is 34.9 Å². The Bertz CT molecular complexity index is 747. The summed E-state index contributed by atoms with van der Waals surface area (Å²) in [5.41, 5.74) is 2.66. The van der Waals surface area contributed by atoms with Crippen LogP contribution in [0.3, 0.4) is 0 Å². The summed E-state index contributed by atoms with van der Waals surface area (Å²) in [5, 5.41) is 8.78. The molecule has 1 atom stereocenters. The second-order valence-electron chi connectivity index (χ2n) is 7.63. The molecule has 0 radical (unpaired) electrons. The smallest absolute Gasteiger partial charge is 0.305 e. The van der Waals surface area contributed by atoms with E-state index in [2.05, 4.69) is 11.8 Å². The molecule has 2 rings (SSSR count). The minimum absolute atomic E-state index is 0.0175. The summed E-state index contributed by atoms with van der Waals surface area (Å²) in [7, 11) is 1.38. The standard InChI is InChI=1S/C24H33NO4/c1-19(15-16-23(27)29-2)25-18-22-20(13-11-14-21(22)24(25)28)12-9-7-5-3-4-6-8-10-17-26/h11,13-14,19,26H,3-8,10,15-18H2,1-2H3. The van der Waals surface area contributed by atoms with Crippen LogP contribution in [0.2, 0.25) is 0 Å². The van der Waals surface area contributed by atoms with Gasteiger partial charge in [0, 0.05) is 43.2 Å². The van der Waals surface area contributed by atoms with Crippen molar-refractivity contribution in [3.8, 4) is 11.8 Å². The molecule has 29 heavy (non-hydrogen) atoms. The van der Waals surface area contributed by atoms with Crippen molar-refractivity contribution in [3.63, 3.8) is 0 Å². The summed E-state index contributed by atoms with van der Waals surface area (Å²) < 4.78 is 4.70. The molecule has 1 aliphatic heterocycles. The van der Waals surface area contributed by atoms with Crippen molar-refractivity contribution >= 4 is 11.9 Å². The average molecular weight is 400 g/mol. The predicted molar refractivity (Wildman–Crippen MR) is 113 cm³/mol. The Labute approximate surface area is 174 Å². The monoisotopic (exact) mass is 399 g/mol. The number of aliphatic hydroxyl groups is 1. The van der Waals surface area contributed by atoms with Crippen molar-refractivity contribution in [2.24, 2.45) is 0 Å². The molecule has 0 aromatic heterocycles. The zero-order chi connectivity index (χ0) is 21.1. The topological polar surface area (TPSA) is 66.8 Å². The van der Waals surface area contributed by atoms with E-state index >= 15 is 0 Å². The van der Waals surface area contributed by atoms with Gasteiger partial charge in [0.2, 0.25) is 0 Å². The number of ether oxygens (including phenoxy) is 1. The fourth-order valence-corrected chi connectivity index (χ4v) is 3.60. The van der Waals surface area contributed by atoms with Crippen molar-refractivity contribution < 1.29 is 19.4 Å². The summed E-state index contributed by atoms with van der Waals surface area (Å²) in [4.78, 5) is 26.0. The van der Waals surface area contributed by atoms with Gasteiger partial charge in [0.15, 0.2) is 0 Å². The number of rotatable bonds is 11. The zero-order valence-corrected chi connectivity index (χ0v) is 17.7. The number of hydrogen-bond acceptors (Lipinski definition) is 4. The largest absolute Gasteiger partial charge is 0.469 e. The van der Waals surface area contributed by atoms with Crippen LogP contribution in [0.1, 0.15) is 86.2 Å². The SMILES string of the molecule is COC(=O)CCC(C)N1Cc2c(C#CCCCCCCCCO)cccc2C1=O. The van der Waals surface area contributed by atoms with Crippen LogP contribution in [-0.2, 0) is 16.1 Å². The molecule has 5 nitrogen and oxygen atoms in total. The van der Waals surface area contributed by atoms with Gasteiger partial charge in [-0.2, -0.15) is 0 Å². The Morgan fingerprint density at radius 2 is 1.93 bits per heavy atom. The highest BCUT2D eigenvalue weighted by Gasteiger charge is 2.32. The van der Waals surface area contributed by atoms with Crippen LogP contribution in [0.4, 0.5) is 0 Å². The van der Waals surface area contributed by atoms with Gasteiger partial charge in [0.05, 0.1) is 7.11 Å². The molecule has 1 aromatic rings. The molecule has 0 aliphatic carbocycles. The molecule has 1 N–H and O–H groups in total. The van der Waals surface area contributed by atoms with Gasteiger partial charge in [0.1, 0.15) is 0 Å². The minimum Gasteiger partial charge on any atom is -0.469 e. The molecule has 0 spiro atoms. The van der Waals surface area contributed by atoms with E-state index in [0.717, 1.165) is 48.8 Å². The molecule has 1 aromatic carbocycles. The van der Waals surface area contributed by atoms with Crippen LogP contribution in [0.5, 0.6) is 0 Å². The lowest BCUT2D eigenvalue weighted by Crippen LogP contribution is -2.33. The van der Waals surface area contributed by atoms with Gasteiger partial charge < -0.3 is 14.7 Å². The molecule has 5 heteroatoms. The van der Waals surface area contributed by atoms with E-state index in [1.807, 2.05) is 30.0 Å². The second-order valence-corrected chi connectivity index (χ2v) is 7.63. The van der Waals surface area contributed by atoms with Gasteiger partial charge in [-0.3, -0.25) is 9.59 Å². The normalized spacial score (nSPS) is 13.6. The Kier molecular flexibility index (Phi) is 9.73. The number of benzene rings is 1. The first-order valence-electron chi connectivity index (χ1n) is 10.7. The van der Waals surface area contributed by atoms with Crippen LogP contribution in [0.15, 0.2) is 18.2 Å². The Hall–Kier alpha value is -2.32. The number of unbranched alkanes of at least 4 members (excludes halogenated alkanes) is 6. The Morgan fingerprint density at radius 1 is 1.21 bits per heavy atom. The molecular weight excluding hydrogens is 366 g/mol. The Morgan fingerprint density at radius 3 is 2.66 bits per heavy atom. The van der Waals surface area contributed by atoms with Crippen molar-refractivity contribution in [2.75, 3.05) is 13.7 Å². The van der Waals surface area contributed by atoms with E-state index in [1.165, 1.54) is 20.0 Å². The van der Waals surface area contributed by atoms with Crippen molar-refractivity contribution in [1.82, 2.24) is 4.90 Å². The molecule has 0 saturated carbocycles. The van der Waals surface area contributed by atoms with Gasteiger partial charge in [-0.15, -0.1) is 0 Å². The lowest BCUT2D eigenvalue weighted by molar-refractivity contribution is -0.141. The van der Waals surface area contributed by atoms with Crippen LogP contribution in [0.25, 0.3) is 0 Å². The number of amides is 1. The Balaban J connectivity index is 1.88. The van der Waals surface area contributed by atoms with Crippen LogP contribution >= 0.6 is 0 Å². The number of esters is 1. The highest BCUT2D eigenvalue weighted by Crippen LogP contribution is 2.28. The van der Waals surface area contributed by atoms with Crippen molar-refractivity contribution in [2.45, 2.75) is 77.3 Å². The summed E-state index contributed by atoms with van der Waals surface area (Å²) in [6, 6.07) is 5.71. The minimum atomic E-state index is -0.249. The lowest BCUT2D eigenvalue weighted by atomic mass is 10.0. The maximum Gasteiger partial charge on any atom is 0.305 e. The summed E-state index contributed by atoms with van der Waals surface area (Å²) in [5.74, 6) is 6.29. The van der Waals surface area contributed by atoms with E-state index in [9.17, 15) is 9.59 Å². The summed E-state index contributed by atoms with van der Waals surface area (Å²) in [6.07, 6.45) is 8.36. The predicted octanol–water partition coefficient (Wildman–Crippen LogP) is 4.06. The lowest BCUT2D eigenvalue weighted by Gasteiger charge is -2.23. The quantitative estimate of drug-likeness (QED) is 0.346. The molecule has 1 unspecified atom stereocenters. The maximum absolute atomic E-state index is 12.8. The fraction of sp³-hybridized carbons (Fsp3) is 0.583. The van der Waals surface area contributed by atoms with Gasteiger partial charge in [0.25, 0.3) is 5.91 Å². The molecule has 158 valence electrons. The molecule has 0 fully saturated rings. The highest BCUT2D eigenvalue weighted by molar-refractivity contribution is 5.99. The van der Waals surface area contributed by atoms with E-state index in [1.54, 1.807) is 0 Å². The van der Waals surface area contributed by atoms with E-state index in [4.69, 9.17) is 9.84 Å². The molecular formula is C24H33NO4. The molecule has 1 aliphatic rings. The molecule has 0 bridgehead atoms. The number of fused-ring (bicyclic) bond motifs is 1. The summed E-state index contributed by atoms with van der Waals surface area (Å²) in [6.45, 7) is 2.81. The van der Waals surface area contributed by atoms with E-state index in [-0.39, 0.29) is 24.5 Å². The molecule has 0 saturated heterocycles. The maximum atomic E-state index is 12.8. The summed E-state index contributed by atoms with van der Waals surface area (Å²) >= 11 is 0. The number of nitrogens with zero attached hydrogens (tertiary/aromatic N) is 1. The zero-order valence-electron chi connectivity index (χ0n) is 17.7. The van der Waals surface area contributed by atoms with E-state index in [0.29, 0.717) is 19.4 Å². The fourth-order valence-electron chi connectivity index (χ4n) is 3.60. The third kappa shape index (κ3) is 6.90. The number of aliphatic hydroxyl groups excluding tert-OH is 1. The average Bonchev–Trinajstić information content (AvgIpc) is 3.08. The van der Waals surface area contributed by atoms with Crippen LogP contribution in [0, 0.1) is 11.8 Å². The third-order valence-electron chi connectivity index (χ3n) is 5.45. The van der Waals surface area contributed by atoms with Crippen molar-refractivity contribution in [1.29, 1.82) is 0 Å².